The molecule has 1 saturated carbocycles. The van der Waals surface area contributed by atoms with E-state index in [-0.39, 0.29) is 10.8 Å². The van der Waals surface area contributed by atoms with E-state index >= 15 is 0 Å². The van der Waals surface area contributed by atoms with Gasteiger partial charge in [-0.15, -0.1) is 0 Å². The van der Waals surface area contributed by atoms with E-state index in [2.05, 4.69) is 38.2 Å². The summed E-state index contributed by atoms with van der Waals surface area (Å²) in [6, 6.07) is -0.594. The number of hydrogen-bond acceptors (Lipinski definition) is 2. The van der Waals surface area contributed by atoms with Gasteiger partial charge in [0, 0.05) is 16.5 Å². The highest BCUT2D eigenvalue weighted by Gasteiger charge is 2.60. The molecule has 0 spiro atoms. The zero-order chi connectivity index (χ0) is 12.1. The van der Waals surface area contributed by atoms with E-state index in [0.29, 0.717) is 0 Å². The number of nitrogens with one attached hydrogen (secondary N) is 1. The van der Waals surface area contributed by atoms with Crippen molar-refractivity contribution in [1.82, 2.24) is 5.43 Å². The van der Waals surface area contributed by atoms with E-state index in [1.807, 2.05) is 0 Å². The molecule has 0 saturated heterocycles. The van der Waals surface area contributed by atoms with Crippen LogP contribution in [0, 0.1) is 10.8 Å². The van der Waals surface area contributed by atoms with Crippen molar-refractivity contribution in [3.63, 3.8) is 0 Å². The molecule has 2 atom stereocenters. The number of hydrogen-bond donors (Lipinski definition) is 2. The van der Waals surface area contributed by atoms with Gasteiger partial charge in [0.1, 0.15) is 0 Å². The van der Waals surface area contributed by atoms with Gasteiger partial charge < -0.3 is 5.73 Å². The molecule has 16 heavy (non-hydrogen) atoms. The third-order valence-corrected chi connectivity index (χ3v) is 4.88. The monoisotopic (exact) mass is 221 g/mol. The molecule has 2 amide bonds. The number of carbonyl (C=O) groups excluding carboxylic acids is 1. The van der Waals surface area contributed by atoms with E-state index in [1.165, 1.54) is 11.1 Å². The van der Waals surface area contributed by atoms with Gasteiger partial charge in [-0.25, -0.2) is 10.2 Å². The summed E-state index contributed by atoms with van der Waals surface area (Å²) in [5.41, 5.74) is 11.8. The van der Waals surface area contributed by atoms with E-state index in [4.69, 9.17) is 5.73 Å². The lowest BCUT2D eigenvalue weighted by atomic mass is 9.50. The quantitative estimate of drug-likeness (QED) is 0.517. The van der Waals surface area contributed by atoms with Gasteiger partial charge in [0.05, 0.1) is 0 Å². The van der Waals surface area contributed by atoms with Gasteiger partial charge in [0.15, 0.2) is 0 Å². The molecule has 0 bridgehead atoms. The van der Waals surface area contributed by atoms with Crippen molar-refractivity contribution >= 4 is 11.7 Å². The number of primary amides is 1. The van der Waals surface area contributed by atoms with Crippen LogP contribution in [0.5, 0.6) is 0 Å². The van der Waals surface area contributed by atoms with Crippen LogP contribution in [-0.2, 0) is 0 Å². The summed E-state index contributed by atoms with van der Waals surface area (Å²) < 4.78 is 0. The molecule has 0 aliphatic heterocycles. The largest absolute Gasteiger partial charge is 0.350 e. The van der Waals surface area contributed by atoms with E-state index in [0.717, 1.165) is 18.6 Å². The van der Waals surface area contributed by atoms with E-state index in [1.54, 1.807) is 0 Å². The first-order valence-electron chi connectivity index (χ1n) is 5.60. The second kappa shape index (κ2) is 3.09. The third-order valence-electron chi connectivity index (χ3n) is 4.88. The highest BCUT2D eigenvalue weighted by Crippen LogP contribution is 2.67. The molecule has 2 aliphatic carbocycles. The van der Waals surface area contributed by atoms with Crippen LogP contribution < -0.4 is 11.2 Å². The summed E-state index contributed by atoms with van der Waals surface area (Å²) in [5, 5.41) is 4.09. The van der Waals surface area contributed by atoms with Crippen molar-refractivity contribution < 1.29 is 4.79 Å². The second-order valence-electron chi connectivity index (χ2n) is 5.42. The molecule has 0 radical (unpaired) electrons. The Bertz CT molecular complexity index is 396. The molecular weight excluding hydrogens is 202 g/mol. The van der Waals surface area contributed by atoms with Gasteiger partial charge in [-0.05, 0) is 26.7 Å². The number of amides is 2. The minimum atomic E-state index is -0.594. The molecule has 0 aromatic carbocycles. The zero-order valence-corrected chi connectivity index (χ0v) is 10.3. The van der Waals surface area contributed by atoms with Gasteiger partial charge in [0.2, 0.25) is 0 Å². The van der Waals surface area contributed by atoms with Crippen LogP contribution in [0.15, 0.2) is 16.2 Å². The predicted molar refractivity (Wildman–Crippen MR) is 64.0 cm³/mol. The van der Waals surface area contributed by atoms with Gasteiger partial charge in [-0.2, -0.15) is 5.10 Å². The molecule has 0 aromatic rings. The standard InChI is InChI=1S/C12H19N3O/c1-7-8(2)12(4)6-9(5-11(7,12)3)14-15-10(13)16/h5-6H2,1-4H3,(H3,13,15,16). The van der Waals surface area contributed by atoms with Crippen molar-refractivity contribution in [2.45, 2.75) is 40.5 Å². The average molecular weight is 221 g/mol. The number of allylic oxidation sites excluding steroid dienone is 2. The van der Waals surface area contributed by atoms with Crippen molar-refractivity contribution in [1.29, 1.82) is 0 Å². The fourth-order valence-corrected chi connectivity index (χ4v) is 3.34. The Morgan fingerprint density at radius 3 is 2.06 bits per heavy atom. The Hall–Kier alpha value is -1.32. The first kappa shape index (κ1) is 11.2. The van der Waals surface area contributed by atoms with Gasteiger partial charge in [-0.1, -0.05) is 25.0 Å². The first-order chi connectivity index (χ1) is 7.31. The molecule has 3 N–H and O–H groups in total. The molecule has 2 rings (SSSR count). The van der Waals surface area contributed by atoms with Crippen molar-refractivity contribution in [2.75, 3.05) is 0 Å². The molecule has 2 unspecified atom stereocenters. The maximum Gasteiger partial charge on any atom is 0.332 e. The second-order valence-corrected chi connectivity index (χ2v) is 5.42. The van der Waals surface area contributed by atoms with Crippen LogP contribution in [0.25, 0.3) is 0 Å². The number of carbonyl (C=O) groups is 1. The Balaban J connectivity index is 2.22. The van der Waals surface area contributed by atoms with Crippen LogP contribution in [0.1, 0.15) is 40.5 Å². The lowest BCUT2D eigenvalue weighted by Crippen LogP contribution is -2.44. The fraction of sp³-hybridized carbons (Fsp3) is 0.667. The van der Waals surface area contributed by atoms with Crippen molar-refractivity contribution in [2.24, 2.45) is 21.7 Å². The first-order valence-corrected chi connectivity index (χ1v) is 5.60. The lowest BCUT2D eigenvalue weighted by molar-refractivity contribution is 0.142. The van der Waals surface area contributed by atoms with E-state index in [9.17, 15) is 4.79 Å². The van der Waals surface area contributed by atoms with Crippen LogP contribution in [0.3, 0.4) is 0 Å². The van der Waals surface area contributed by atoms with Crippen LogP contribution in [0.2, 0.25) is 0 Å². The number of fused-ring (bicyclic) bond motifs is 1. The lowest BCUT2D eigenvalue weighted by Gasteiger charge is -2.53. The Morgan fingerprint density at radius 2 is 1.69 bits per heavy atom. The number of hydrazone groups is 1. The third kappa shape index (κ3) is 1.16. The van der Waals surface area contributed by atoms with Crippen molar-refractivity contribution in [3.8, 4) is 0 Å². The zero-order valence-electron chi connectivity index (χ0n) is 10.3. The predicted octanol–water partition coefficient (Wildman–Crippen LogP) is 2.17. The number of nitrogens with zero attached hydrogens (tertiary/aromatic N) is 1. The molecule has 1 fully saturated rings. The van der Waals surface area contributed by atoms with E-state index < -0.39 is 6.03 Å². The molecule has 2 aliphatic rings. The number of nitrogens with two attached hydrogens (primary N) is 1. The summed E-state index contributed by atoms with van der Waals surface area (Å²) >= 11 is 0. The van der Waals surface area contributed by atoms with Gasteiger partial charge in [-0.3, -0.25) is 0 Å². The summed E-state index contributed by atoms with van der Waals surface area (Å²) in [6.07, 6.45) is 1.85. The fourth-order valence-electron chi connectivity index (χ4n) is 3.34. The van der Waals surface area contributed by atoms with Crippen LogP contribution in [0.4, 0.5) is 4.79 Å². The van der Waals surface area contributed by atoms with Gasteiger partial charge >= 0.3 is 6.03 Å². The molecule has 0 aromatic heterocycles. The molecular formula is C12H19N3O. The highest BCUT2D eigenvalue weighted by molar-refractivity contribution is 5.92. The minimum Gasteiger partial charge on any atom is -0.350 e. The highest BCUT2D eigenvalue weighted by atomic mass is 16.2. The summed E-state index contributed by atoms with van der Waals surface area (Å²) in [7, 11) is 0. The van der Waals surface area contributed by atoms with Crippen LogP contribution in [-0.4, -0.2) is 11.7 Å². The molecule has 88 valence electrons. The Kier molecular flexibility index (Phi) is 2.16. The smallest absolute Gasteiger partial charge is 0.332 e. The maximum absolute atomic E-state index is 10.6. The molecule has 0 heterocycles. The topological polar surface area (TPSA) is 67.5 Å². The SMILES string of the molecule is CC1=C(C)C2(C)CC(=NNC(N)=O)CC12C. The van der Waals surface area contributed by atoms with Gasteiger partial charge in [0.25, 0.3) is 0 Å². The van der Waals surface area contributed by atoms with Crippen molar-refractivity contribution in [3.05, 3.63) is 11.1 Å². The Labute approximate surface area is 96.0 Å². The summed E-state index contributed by atoms with van der Waals surface area (Å²) in [5.74, 6) is 0. The summed E-state index contributed by atoms with van der Waals surface area (Å²) in [6.45, 7) is 8.95. The molecule has 4 nitrogen and oxygen atoms in total. The maximum atomic E-state index is 10.6. The average Bonchev–Trinajstić information content (AvgIpc) is 2.46. The molecule has 4 heteroatoms. The van der Waals surface area contributed by atoms with Crippen LogP contribution >= 0.6 is 0 Å². The minimum absolute atomic E-state index is 0.218. The summed E-state index contributed by atoms with van der Waals surface area (Å²) in [4.78, 5) is 10.6. The normalized spacial score (nSPS) is 36.9. The Morgan fingerprint density at radius 1 is 1.25 bits per heavy atom. The number of rotatable bonds is 1. The number of urea groups is 1.